The van der Waals surface area contributed by atoms with E-state index in [1.54, 1.807) is 13.2 Å². The first kappa shape index (κ1) is 16.7. The van der Waals surface area contributed by atoms with Gasteiger partial charge in [-0.3, -0.25) is 9.59 Å². The van der Waals surface area contributed by atoms with Crippen LogP contribution in [0.25, 0.3) is 0 Å². The Morgan fingerprint density at radius 3 is 2.30 bits per heavy atom. The van der Waals surface area contributed by atoms with Crippen molar-refractivity contribution in [2.45, 2.75) is 52.6 Å². The number of hydrogen-bond acceptors (Lipinski definition) is 4. The van der Waals surface area contributed by atoms with Crippen LogP contribution in [-0.2, 0) is 4.79 Å². The molecule has 0 fully saturated rings. The molecule has 0 unspecified atom stereocenters. The zero-order valence-electron chi connectivity index (χ0n) is 12.8. The van der Waals surface area contributed by atoms with Gasteiger partial charge in [0.2, 0.25) is 5.91 Å². The van der Waals surface area contributed by atoms with Crippen molar-refractivity contribution in [3.63, 3.8) is 0 Å². The molecule has 4 nitrogen and oxygen atoms in total. The number of rotatable bonds is 7. The van der Waals surface area contributed by atoms with E-state index in [-0.39, 0.29) is 36.6 Å². The zero-order valence-corrected chi connectivity index (χ0v) is 13.6. The summed E-state index contributed by atoms with van der Waals surface area (Å²) in [5, 5.41) is 1.82. The molecule has 112 valence electrons. The van der Waals surface area contributed by atoms with Crippen molar-refractivity contribution in [3.8, 4) is 5.75 Å². The maximum atomic E-state index is 12.2. The van der Waals surface area contributed by atoms with E-state index in [0.29, 0.717) is 10.6 Å². The van der Waals surface area contributed by atoms with Crippen molar-refractivity contribution in [1.29, 1.82) is 0 Å². The van der Waals surface area contributed by atoms with Gasteiger partial charge >= 0.3 is 0 Å². The normalized spacial score (nSPS) is 10.9. The molecular weight excluding hydrogens is 274 g/mol. The molecule has 5 heteroatoms. The molecule has 0 spiro atoms. The molecular formula is C15H23NO3S. The minimum atomic E-state index is -0.0299. The van der Waals surface area contributed by atoms with Gasteiger partial charge in [0.15, 0.2) is 5.78 Å². The molecule has 1 aromatic heterocycles. The summed E-state index contributed by atoms with van der Waals surface area (Å²) in [4.78, 5) is 26.7. The SMILES string of the molecule is COc1ccsc1C(=O)CCC(=O)N(C(C)C)C(C)C. The van der Waals surface area contributed by atoms with E-state index in [2.05, 4.69) is 0 Å². The van der Waals surface area contributed by atoms with Crippen molar-refractivity contribution < 1.29 is 14.3 Å². The Morgan fingerprint density at radius 1 is 1.20 bits per heavy atom. The Morgan fingerprint density at radius 2 is 1.80 bits per heavy atom. The van der Waals surface area contributed by atoms with E-state index in [4.69, 9.17) is 4.74 Å². The number of methoxy groups -OCH3 is 1. The third kappa shape index (κ3) is 4.07. The van der Waals surface area contributed by atoms with Crippen LogP contribution < -0.4 is 4.74 Å². The number of nitrogens with zero attached hydrogens (tertiary/aromatic N) is 1. The molecule has 1 amide bonds. The first-order valence-corrected chi connectivity index (χ1v) is 7.72. The second-order valence-corrected chi connectivity index (χ2v) is 6.15. The number of amides is 1. The van der Waals surface area contributed by atoms with Crippen LogP contribution in [0.2, 0.25) is 0 Å². The van der Waals surface area contributed by atoms with Crippen LogP contribution in [0.4, 0.5) is 0 Å². The minimum Gasteiger partial charge on any atom is -0.495 e. The number of carbonyl (C=O) groups excluding carboxylic acids is 2. The number of hydrogen-bond donors (Lipinski definition) is 0. The minimum absolute atomic E-state index is 0.0267. The first-order valence-electron chi connectivity index (χ1n) is 6.84. The smallest absolute Gasteiger partial charge is 0.223 e. The molecule has 0 aliphatic carbocycles. The van der Waals surface area contributed by atoms with E-state index < -0.39 is 0 Å². The third-order valence-corrected chi connectivity index (χ3v) is 4.01. The second kappa shape index (κ2) is 7.43. The van der Waals surface area contributed by atoms with E-state index in [9.17, 15) is 9.59 Å². The molecule has 0 radical (unpaired) electrons. The lowest BCUT2D eigenvalue weighted by atomic mass is 10.1. The predicted octanol–water partition coefficient (Wildman–Crippen LogP) is 3.37. The lowest BCUT2D eigenvalue weighted by molar-refractivity contribution is -0.134. The van der Waals surface area contributed by atoms with Gasteiger partial charge in [0.1, 0.15) is 10.6 Å². The Bertz CT molecular complexity index is 457. The van der Waals surface area contributed by atoms with Crippen molar-refractivity contribution in [2.75, 3.05) is 7.11 Å². The molecule has 0 N–H and O–H groups in total. The Labute approximate surface area is 124 Å². The molecule has 0 bridgehead atoms. The Kier molecular flexibility index (Phi) is 6.20. The summed E-state index contributed by atoms with van der Waals surface area (Å²) >= 11 is 1.36. The maximum Gasteiger partial charge on any atom is 0.223 e. The largest absolute Gasteiger partial charge is 0.495 e. The van der Waals surface area contributed by atoms with Gasteiger partial charge in [-0.25, -0.2) is 0 Å². The Hall–Kier alpha value is -1.36. The molecule has 0 aliphatic rings. The zero-order chi connectivity index (χ0) is 15.3. The van der Waals surface area contributed by atoms with E-state index in [1.165, 1.54) is 11.3 Å². The molecule has 1 heterocycles. The van der Waals surface area contributed by atoms with Crippen molar-refractivity contribution >= 4 is 23.0 Å². The summed E-state index contributed by atoms with van der Waals surface area (Å²) < 4.78 is 5.13. The third-order valence-electron chi connectivity index (χ3n) is 3.07. The van der Waals surface area contributed by atoms with E-state index >= 15 is 0 Å². The fraction of sp³-hybridized carbons (Fsp3) is 0.600. The average molecular weight is 297 g/mol. The fourth-order valence-corrected chi connectivity index (χ4v) is 3.13. The van der Waals surface area contributed by atoms with Gasteiger partial charge in [0.25, 0.3) is 0 Å². The summed E-state index contributed by atoms with van der Waals surface area (Å²) in [7, 11) is 1.54. The van der Waals surface area contributed by atoms with Gasteiger partial charge in [-0.1, -0.05) is 0 Å². The molecule has 1 aromatic rings. The van der Waals surface area contributed by atoms with Gasteiger partial charge in [0, 0.05) is 24.9 Å². The van der Waals surface area contributed by atoms with Crippen LogP contribution in [0.15, 0.2) is 11.4 Å². The Balaban J connectivity index is 2.63. The van der Waals surface area contributed by atoms with E-state index in [1.807, 2.05) is 38.0 Å². The number of ketones is 1. The van der Waals surface area contributed by atoms with Crippen molar-refractivity contribution in [1.82, 2.24) is 4.90 Å². The van der Waals surface area contributed by atoms with Gasteiger partial charge < -0.3 is 9.64 Å². The van der Waals surface area contributed by atoms with Crippen molar-refractivity contribution in [2.24, 2.45) is 0 Å². The monoisotopic (exact) mass is 297 g/mol. The summed E-state index contributed by atoms with van der Waals surface area (Å²) in [6.07, 6.45) is 0.474. The van der Waals surface area contributed by atoms with Crippen LogP contribution in [0.1, 0.15) is 50.2 Å². The molecule has 0 atom stereocenters. The summed E-state index contributed by atoms with van der Waals surface area (Å²) in [6.45, 7) is 7.95. The number of carbonyl (C=O) groups is 2. The van der Waals surface area contributed by atoms with Crippen LogP contribution in [0.5, 0.6) is 5.75 Å². The van der Waals surface area contributed by atoms with E-state index in [0.717, 1.165) is 0 Å². The first-order chi connectivity index (χ1) is 9.38. The summed E-state index contributed by atoms with van der Waals surface area (Å²) in [5.41, 5.74) is 0. The van der Waals surface area contributed by atoms with Gasteiger partial charge in [0.05, 0.1) is 7.11 Å². The van der Waals surface area contributed by atoms with Gasteiger partial charge in [-0.05, 0) is 39.1 Å². The molecule has 0 aliphatic heterocycles. The highest BCUT2D eigenvalue weighted by molar-refractivity contribution is 7.12. The number of thiophene rings is 1. The van der Waals surface area contributed by atoms with Crippen LogP contribution in [0, 0.1) is 0 Å². The highest BCUT2D eigenvalue weighted by Crippen LogP contribution is 2.26. The van der Waals surface area contributed by atoms with Crippen LogP contribution >= 0.6 is 11.3 Å². The molecule has 0 saturated heterocycles. The lowest BCUT2D eigenvalue weighted by Crippen LogP contribution is -2.42. The lowest BCUT2D eigenvalue weighted by Gasteiger charge is -2.30. The van der Waals surface area contributed by atoms with Crippen molar-refractivity contribution in [3.05, 3.63) is 16.3 Å². The fourth-order valence-electron chi connectivity index (χ4n) is 2.30. The molecule has 20 heavy (non-hydrogen) atoms. The quantitative estimate of drug-likeness (QED) is 0.725. The topological polar surface area (TPSA) is 46.6 Å². The van der Waals surface area contributed by atoms with Crippen LogP contribution in [0.3, 0.4) is 0 Å². The second-order valence-electron chi connectivity index (χ2n) is 5.23. The average Bonchev–Trinajstić information content (AvgIpc) is 2.83. The molecule has 0 saturated carbocycles. The highest BCUT2D eigenvalue weighted by Gasteiger charge is 2.22. The van der Waals surface area contributed by atoms with Gasteiger partial charge in [-0.2, -0.15) is 0 Å². The van der Waals surface area contributed by atoms with Gasteiger partial charge in [-0.15, -0.1) is 11.3 Å². The summed E-state index contributed by atoms with van der Waals surface area (Å²) in [5.74, 6) is 0.591. The molecule has 1 rings (SSSR count). The maximum absolute atomic E-state index is 12.2. The summed E-state index contributed by atoms with van der Waals surface area (Å²) in [6, 6.07) is 2.07. The number of ether oxygens (including phenoxy) is 1. The predicted molar refractivity (Wildman–Crippen MR) is 81.6 cm³/mol. The number of Topliss-reactive ketones (excluding diaryl/α,β-unsaturated/α-hetero) is 1. The van der Waals surface area contributed by atoms with Crippen LogP contribution in [-0.4, -0.2) is 35.8 Å². The molecule has 0 aromatic carbocycles. The highest BCUT2D eigenvalue weighted by atomic mass is 32.1. The standard InChI is InChI=1S/C15H23NO3S/c1-10(2)16(11(3)4)14(18)7-6-12(17)15-13(19-5)8-9-20-15/h8-11H,6-7H2,1-5H3.